The van der Waals surface area contributed by atoms with Crippen LogP contribution in [0.4, 0.5) is 0 Å². The number of nitrogens with zero attached hydrogens (tertiary/aromatic N) is 6. The molecule has 0 N–H and O–H groups in total. The van der Waals surface area contributed by atoms with Gasteiger partial charge in [0.2, 0.25) is 0 Å². The van der Waals surface area contributed by atoms with Gasteiger partial charge in [-0.25, -0.2) is 20.0 Å². The van der Waals surface area contributed by atoms with Crippen LogP contribution in [0.15, 0.2) is 267 Å². The third-order valence-corrected chi connectivity index (χ3v) is 13.1. The van der Waals surface area contributed by atoms with Crippen molar-refractivity contribution in [2.75, 3.05) is 19.7 Å². The summed E-state index contributed by atoms with van der Waals surface area (Å²) in [4.78, 5) is 26.1. The predicted octanol–water partition coefficient (Wildman–Crippen LogP) is 14.0. The molecule has 0 fully saturated rings. The number of hydrogen-bond acceptors (Lipinski definition) is 7. The normalized spacial score (nSPS) is 17.8. The molecular formula is C63H54N6O. The zero-order valence-electron chi connectivity index (χ0n) is 39.5. The molecule has 7 heterocycles. The Labute approximate surface area is 411 Å². The number of aliphatic imine (C=N–C) groups is 4. The Balaban J connectivity index is 0.851. The lowest BCUT2D eigenvalue weighted by atomic mass is 9.98. The maximum atomic E-state index is 6.33. The second kappa shape index (κ2) is 20.4. The molecule has 7 aliphatic rings. The Kier molecular flexibility index (Phi) is 12.9. The van der Waals surface area contributed by atoms with Crippen molar-refractivity contribution in [1.29, 1.82) is 0 Å². The van der Waals surface area contributed by atoms with Gasteiger partial charge in [0.1, 0.15) is 5.75 Å². The maximum absolute atomic E-state index is 6.33. The number of hydrogen-bond donors (Lipinski definition) is 0. The molecule has 0 amide bonds. The molecule has 0 atom stereocenters. The van der Waals surface area contributed by atoms with Gasteiger partial charge in [-0.3, -0.25) is 0 Å². The van der Waals surface area contributed by atoms with Crippen molar-refractivity contribution in [2.24, 2.45) is 20.0 Å². The summed E-state index contributed by atoms with van der Waals surface area (Å²) in [5, 5.41) is 0. The summed E-state index contributed by atoms with van der Waals surface area (Å²) >= 11 is 0. The van der Waals surface area contributed by atoms with Crippen molar-refractivity contribution < 1.29 is 4.74 Å². The van der Waals surface area contributed by atoms with E-state index in [-0.39, 0.29) is 0 Å². The molecule has 8 bridgehead atoms. The SMILES string of the molecule is CCCN1C=CC(=C2C=CN(CCCCCCOc3ccc(C4=C5C=CC(=N5)C(c5ccccc5)=C5C=CC(=N5)C(c5ccccc5)=C5C=CC(=N5)C(c5ccccc5)=C5C=CC4=N5)cc3)C=C2)C=C1. The summed E-state index contributed by atoms with van der Waals surface area (Å²) in [6.45, 7) is 4.93. The zero-order valence-corrected chi connectivity index (χ0v) is 39.5. The minimum Gasteiger partial charge on any atom is -0.494 e. The second-order valence-corrected chi connectivity index (χ2v) is 17.9. The molecule has 0 saturated heterocycles. The number of ether oxygens (including phenoxy) is 1. The Morgan fingerprint density at radius 2 is 0.714 bits per heavy atom. The van der Waals surface area contributed by atoms with Crippen LogP contribution in [0.25, 0.3) is 22.3 Å². The lowest BCUT2D eigenvalue weighted by Gasteiger charge is -2.21. The van der Waals surface area contributed by atoms with Crippen molar-refractivity contribution in [3.05, 3.63) is 269 Å². The van der Waals surface area contributed by atoms with Crippen LogP contribution in [0.1, 0.15) is 61.3 Å². The third kappa shape index (κ3) is 9.52. The van der Waals surface area contributed by atoms with Gasteiger partial charge in [0.05, 0.1) is 52.2 Å². The van der Waals surface area contributed by atoms with Crippen LogP contribution in [0.2, 0.25) is 0 Å². The van der Waals surface area contributed by atoms with E-state index in [1.165, 1.54) is 11.1 Å². The topological polar surface area (TPSA) is 65.2 Å². The molecule has 11 rings (SSSR count). The van der Waals surface area contributed by atoms with Crippen molar-refractivity contribution >= 4 is 45.1 Å². The van der Waals surface area contributed by atoms with Crippen LogP contribution in [-0.4, -0.2) is 52.3 Å². The average molecular weight is 911 g/mol. The summed E-state index contributed by atoms with van der Waals surface area (Å²) in [5.74, 6) is 0.848. The minimum atomic E-state index is 0.671. The van der Waals surface area contributed by atoms with E-state index in [4.69, 9.17) is 24.7 Å². The van der Waals surface area contributed by atoms with Gasteiger partial charge in [0.25, 0.3) is 0 Å². The van der Waals surface area contributed by atoms with Gasteiger partial charge in [-0.05, 0) is 138 Å². The highest BCUT2D eigenvalue weighted by molar-refractivity contribution is 6.39. The monoisotopic (exact) mass is 910 g/mol. The van der Waals surface area contributed by atoms with Gasteiger partial charge in [0.15, 0.2) is 0 Å². The molecule has 4 aromatic rings. The minimum absolute atomic E-state index is 0.671. The van der Waals surface area contributed by atoms with E-state index in [1.54, 1.807) is 0 Å². The van der Waals surface area contributed by atoms with E-state index in [2.05, 4.69) is 211 Å². The predicted molar refractivity (Wildman–Crippen MR) is 291 cm³/mol. The smallest absolute Gasteiger partial charge is 0.119 e. The second-order valence-electron chi connectivity index (χ2n) is 17.9. The Hall–Kier alpha value is -8.42. The van der Waals surface area contributed by atoms with Crippen molar-refractivity contribution in [3.63, 3.8) is 0 Å². The van der Waals surface area contributed by atoms with Crippen LogP contribution >= 0.6 is 0 Å². The molecule has 7 aliphatic heterocycles. The van der Waals surface area contributed by atoms with E-state index in [9.17, 15) is 0 Å². The molecular weight excluding hydrogens is 857 g/mol. The van der Waals surface area contributed by atoms with E-state index in [1.807, 2.05) is 18.2 Å². The van der Waals surface area contributed by atoms with Gasteiger partial charge in [-0.2, -0.15) is 0 Å². The van der Waals surface area contributed by atoms with Crippen LogP contribution < -0.4 is 4.74 Å². The summed E-state index contributed by atoms with van der Waals surface area (Å²) in [6.07, 6.45) is 40.0. The lowest BCUT2D eigenvalue weighted by molar-refractivity contribution is 0.303. The molecule has 0 spiro atoms. The quantitative estimate of drug-likeness (QED) is 0.118. The van der Waals surface area contributed by atoms with Gasteiger partial charge in [-0.15, -0.1) is 0 Å². The lowest BCUT2D eigenvalue weighted by Crippen LogP contribution is -2.14. The fourth-order valence-corrected chi connectivity index (χ4v) is 9.60. The molecule has 0 saturated carbocycles. The highest BCUT2D eigenvalue weighted by atomic mass is 16.5. The van der Waals surface area contributed by atoms with Gasteiger partial charge < -0.3 is 14.5 Å². The Morgan fingerprint density at radius 1 is 0.357 bits per heavy atom. The third-order valence-electron chi connectivity index (χ3n) is 13.1. The molecule has 70 heavy (non-hydrogen) atoms. The first-order valence-electron chi connectivity index (χ1n) is 24.6. The highest BCUT2D eigenvalue weighted by Crippen LogP contribution is 2.39. The molecule has 4 aromatic carbocycles. The molecule has 7 heteroatoms. The molecule has 342 valence electrons. The van der Waals surface area contributed by atoms with Gasteiger partial charge in [-0.1, -0.05) is 123 Å². The number of benzene rings is 4. The maximum Gasteiger partial charge on any atom is 0.119 e. The standard InChI is InChI=1S/C63H54N6O/c1-2-38-68-40-34-45(35-41-68)46-36-42-69(43-37-46)39-14-3-4-15-44-70-51-24-22-50(23-25-51)63-58-32-30-56(66-58)61(48-18-10-6-11-19-48)54-28-26-52(64-54)60(47-16-8-5-9-17-47)53-27-29-55(65-53)62(49-20-12-7-13-21-49)57-31-33-59(63)67-57/h5-13,16-37,40-43H,2-4,14-15,38-39,44H2,1H3. The van der Waals surface area contributed by atoms with Gasteiger partial charge in [0, 0.05) is 60.2 Å². The number of fused-ring (bicyclic) bond motifs is 4. The average Bonchev–Trinajstić information content (AvgIpc) is 4.27. The van der Waals surface area contributed by atoms with E-state index in [0.29, 0.717) is 6.61 Å². The fraction of sp³-hybridized carbons (Fsp3) is 0.143. The van der Waals surface area contributed by atoms with E-state index in [0.717, 1.165) is 141 Å². The first-order chi connectivity index (χ1) is 34.6. The van der Waals surface area contributed by atoms with Crippen LogP contribution in [-0.2, 0) is 0 Å². The Bertz CT molecular complexity index is 3180. The summed E-state index contributed by atoms with van der Waals surface area (Å²) in [5.41, 5.74) is 17.2. The van der Waals surface area contributed by atoms with Crippen molar-refractivity contribution in [2.45, 2.75) is 39.0 Å². The largest absolute Gasteiger partial charge is 0.494 e. The fourth-order valence-electron chi connectivity index (χ4n) is 9.60. The van der Waals surface area contributed by atoms with Crippen LogP contribution in [0.3, 0.4) is 0 Å². The number of allylic oxidation sites excluding steroid dienone is 18. The summed E-state index contributed by atoms with van der Waals surface area (Å²) in [6, 6.07) is 39.7. The first kappa shape index (κ1) is 44.1. The summed E-state index contributed by atoms with van der Waals surface area (Å²) in [7, 11) is 0. The highest BCUT2D eigenvalue weighted by Gasteiger charge is 2.27. The van der Waals surface area contributed by atoms with Crippen LogP contribution in [0.5, 0.6) is 5.75 Å². The Morgan fingerprint density at radius 3 is 1.10 bits per heavy atom. The number of unbranched alkanes of at least 4 members (excludes halogenated alkanes) is 3. The van der Waals surface area contributed by atoms with E-state index < -0.39 is 0 Å². The molecule has 0 aromatic heterocycles. The zero-order chi connectivity index (χ0) is 47.1. The molecule has 0 aliphatic carbocycles. The van der Waals surface area contributed by atoms with Crippen LogP contribution in [0, 0.1) is 0 Å². The number of rotatable bonds is 14. The van der Waals surface area contributed by atoms with Gasteiger partial charge >= 0.3 is 0 Å². The molecule has 0 radical (unpaired) electrons. The van der Waals surface area contributed by atoms with Crippen molar-refractivity contribution in [1.82, 2.24) is 9.80 Å². The van der Waals surface area contributed by atoms with Crippen molar-refractivity contribution in [3.8, 4) is 5.75 Å². The molecule has 7 nitrogen and oxygen atoms in total. The summed E-state index contributed by atoms with van der Waals surface area (Å²) < 4.78 is 6.33. The first-order valence-corrected chi connectivity index (χ1v) is 24.6. The molecule has 0 unspecified atom stereocenters. The van der Waals surface area contributed by atoms with E-state index >= 15 is 0 Å².